The molecule has 0 unspecified atom stereocenters. The second kappa shape index (κ2) is 8.87. The number of hydrogen-bond acceptors (Lipinski definition) is 4. The van der Waals surface area contributed by atoms with Gasteiger partial charge in [0.05, 0.1) is 6.10 Å². The SMILES string of the molecule is CC(=O)N1C[C@H](O)C[C@H]1C(=O)N[C@@H](Cc1ccc(-c2ccccc2)cc1)C(N)=O. The molecule has 1 fully saturated rings. The molecule has 0 aromatic heterocycles. The Hall–Kier alpha value is -3.19. The van der Waals surface area contributed by atoms with Gasteiger partial charge >= 0.3 is 0 Å². The third-order valence-corrected chi connectivity index (χ3v) is 5.15. The zero-order chi connectivity index (χ0) is 21.0. The highest BCUT2D eigenvalue weighted by atomic mass is 16.3. The highest BCUT2D eigenvalue weighted by Gasteiger charge is 2.38. The number of nitrogens with two attached hydrogens (primary N) is 1. The van der Waals surface area contributed by atoms with E-state index in [1.165, 1.54) is 11.8 Å². The Balaban J connectivity index is 1.68. The Labute approximate surface area is 169 Å². The van der Waals surface area contributed by atoms with E-state index in [2.05, 4.69) is 5.32 Å². The summed E-state index contributed by atoms with van der Waals surface area (Å²) >= 11 is 0. The molecular weight excluding hydrogens is 370 g/mol. The quantitative estimate of drug-likeness (QED) is 0.673. The summed E-state index contributed by atoms with van der Waals surface area (Å²) in [5.41, 5.74) is 8.47. The molecule has 0 aliphatic carbocycles. The van der Waals surface area contributed by atoms with Crippen LogP contribution in [-0.4, -0.2) is 52.5 Å². The molecule has 2 aromatic carbocycles. The number of rotatable bonds is 6. The molecule has 0 spiro atoms. The molecule has 0 saturated carbocycles. The van der Waals surface area contributed by atoms with Crippen LogP contribution in [0.25, 0.3) is 11.1 Å². The van der Waals surface area contributed by atoms with Crippen LogP contribution in [0.2, 0.25) is 0 Å². The minimum Gasteiger partial charge on any atom is -0.391 e. The molecule has 29 heavy (non-hydrogen) atoms. The minimum absolute atomic E-state index is 0.107. The van der Waals surface area contributed by atoms with Gasteiger partial charge < -0.3 is 21.1 Å². The van der Waals surface area contributed by atoms with Gasteiger partial charge in [0.15, 0.2) is 0 Å². The topological polar surface area (TPSA) is 113 Å². The number of carbonyl (C=O) groups excluding carboxylic acids is 3. The Morgan fingerprint density at radius 1 is 1.10 bits per heavy atom. The summed E-state index contributed by atoms with van der Waals surface area (Å²) in [5, 5.41) is 12.4. The van der Waals surface area contributed by atoms with E-state index in [0.29, 0.717) is 0 Å². The number of aliphatic hydroxyl groups excluding tert-OH is 1. The summed E-state index contributed by atoms with van der Waals surface area (Å²) in [6, 6.07) is 15.9. The second-order valence-electron chi connectivity index (χ2n) is 7.31. The Morgan fingerprint density at radius 3 is 2.31 bits per heavy atom. The number of aliphatic hydroxyl groups is 1. The first kappa shape index (κ1) is 20.5. The molecule has 7 heteroatoms. The summed E-state index contributed by atoms with van der Waals surface area (Å²) in [6.07, 6.45) is -0.374. The number of benzene rings is 2. The van der Waals surface area contributed by atoms with Crippen LogP contribution in [0.5, 0.6) is 0 Å². The van der Waals surface area contributed by atoms with E-state index in [1.54, 1.807) is 0 Å². The number of nitrogens with zero attached hydrogens (tertiary/aromatic N) is 1. The van der Waals surface area contributed by atoms with E-state index >= 15 is 0 Å². The molecule has 1 heterocycles. The molecule has 3 atom stereocenters. The minimum atomic E-state index is -0.906. The molecule has 4 N–H and O–H groups in total. The maximum Gasteiger partial charge on any atom is 0.243 e. The largest absolute Gasteiger partial charge is 0.391 e. The van der Waals surface area contributed by atoms with Crippen molar-refractivity contribution in [3.8, 4) is 11.1 Å². The fraction of sp³-hybridized carbons (Fsp3) is 0.318. The first-order chi connectivity index (χ1) is 13.8. The van der Waals surface area contributed by atoms with Gasteiger partial charge in [0.1, 0.15) is 12.1 Å². The van der Waals surface area contributed by atoms with Gasteiger partial charge in [-0.25, -0.2) is 0 Å². The fourth-order valence-electron chi connectivity index (χ4n) is 3.60. The Morgan fingerprint density at radius 2 is 1.72 bits per heavy atom. The van der Waals surface area contributed by atoms with E-state index in [4.69, 9.17) is 5.73 Å². The van der Waals surface area contributed by atoms with Gasteiger partial charge in [-0.3, -0.25) is 14.4 Å². The zero-order valence-corrected chi connectivity index (χ0v) is 16.2. The molecule has 1 aliphatic heterocycles. The molecule has 2 aromatic rings. The molecule has 1 saturated heterocycles. The molecule has 3 amide bonds. The molecule has 7 nitrogen and oxygen atoms in total. The lowest BCUT2D eigenvalue weighted by Crippen LogP contribution is -2.52. The number of carbonyl (C=O) groups is 3. The van der Waals surface area contributed by atoms with Gasteiger partial charge in [0.25, 0.3) is 0 Å². The highest BCUT2D eigenvalue weighted by Crippen LogP contribution is 2.21. The van der Waals surface area contributed by atoms with E-state index in [9.17, 15) is 19.5 Å². The number of hydrogen-bond donors (Lipinski definition) is 3. The lowest BCUT2D eigenvalue weighted by Gasteiger charge is -2.24. The zero-order valence-electron chi connectivity index (χ0n) is 16.2. The highest BCUT2D eigenvalue weighted by molar-refractivity contribution is 5.91. The van der Waals surface area contributed by atoms with Crippen LogP contribution in [0, 0.1) is 0 Å². The molecule has 0 bridgehead atoms. The van der Waals surface area contributed by atoms with Crippen LogP contribution in [0.1, 0.15) is 18.9 Å². The van der Waals surface area contributed by atoms with Crippen molar-refractivity contribution >= 4 is 17.7 Å². The van der Waals surface area contributed by atoms with Crippen molar-refractivity contribution < 1.29 is 19.5 Å². The number of primary amides is 1. The predicted molar refractivity (Wildman–Crippen MR) is 109 cm³/mol. The van der Waals surface area contributed by atoms with Gasteiger partial charge in [0.2, 0.25) is 17.7 Å². The van der Waals surface area contributed by atoms with Crippen molar-refractivity contribution in [3.63, 3.8) is 0 Å². The summed E-state index contributed by atoms with van der Waals surface area (Å²) in [4.78, 5) is 37.5. The first-order valence-corrected chi connectivity index (χ1v) is 9.54. The summed E-state index contributed by atoms with van der Waals surface area (Å²) in [7, 11) is 0. The predicted octanol–water partition coefficient (Wildman–Crippen LogP) is 0.848. The third kappa shape index (κ3) is 5.00. The van der Waals surface area contributed by atoms with Gasteiger partial charge in [-0.05, 0) is 16.7 Å². The van der Waals surface area contributed by atoms with Gasteiger partial charge in [0, 0.05) is 26.3 Å². The van der Waals surface area contributed by atoms with Crippen LogP contribution in [-0.2, 0) is 20.8 Å². The van der Waals surface area contributed by atoms with Crippen molar-refractivity contribution in [2.24, 2.45) is 5.73 Å². The smallest absolute Gasteiger partial charge is 0.243 e. The molecule has 0 radical (unpaired) electrons. The van der Waals surface area contributed by atoms with Crippen molar-refractivity contribution in [2.75, 3.05) is 6.54 Å². The average molecular weight is 395 g/mol. The number of β-amino-alcohol motifs (C(OH)–C–C–N with tert-alkyl or cyclic N) is 1. The van der Waals surface area contributed by atoms with Crippen LogP contribution in [0.15, 0.2) is 54.6 Å². The van der Waals surface area contributed by atoms with Crippen molar-refractivity contribution in [3.05, 3.63) is 60.2 Å². The standard InChI is InChI=1S/C22H25N3O4/c1-14(26)25-13-18(27)12-20(25)22(29)24-19(21(23)28)11-15-7-9-17(10-8-15)16-5-3-2-4-6-16/h2-10,18-20,27H,11-13H2,1H3,(H2,23,28)(H,24,29)/t18-,19+,20+/m1/s1. The monoisotopic (exact) mass is 395 g/mol. The molecule has 3 rings (SSSR count). The fourth-order valence-corrected chi connectivity index (χ4v) is 3.60. The summed E-state index contributed by atoms with van der Waals surface area (Å²) < 4.78 is 0. The van der Waals surface area contributed by atoms with Gasteiger partial charge in [-0.15, -0.1) is 0 Å². The third-order valence-electron chi connectivity index (χ3n) is 5.15. The number of nitrogens with one attached hydrogen (secondary N) is 1. The van der Waals surface area contributed by atoms with E-state index in [0.717, 1.165) is 16.7 Å². The normalized spacial score (nSPS) is 19.6. The number of amides is 3. The molecule has 1 aliphatic rings. The lowest BCUT2D eigenvalue weighted by atomic mass is 10.00. The van der Waals surface area contributed by atoms with Gasteiger partial charge in [-0.1, -0.05) is 54.6 Å². The van der Waals surface area contributed by atoms with Crippen LogP contribution in [0.4, 0.5) is 0 Å². The van der Waals surface area contributed by atoms with Gasteiger partial charge in [-0.2, -0.15) is 0 Å². The van der Waals surface area contributed by atoms with Crippen LogP contribution >= 0.6 is 0 Å². The average Bonchev–Trinajstić information content (AvgIpc) is 3.11. The van der Waals surface area contributed by atoms with Crippen molar-refractivity contribution in [1.29, 1.82) is 0 Å². The maximum atomic E-state index is 12.6. The van der Waals surface area contributed by atoms with E-state index in [-0.39, 0.29) is 25.3 Å². The van der Waals surface area contributed by atoms with Crippen LogP contribution < -0.4 is 11.1 Å². The Bertz CT molecular complexity index is 883. The maximum absolute atomic E-state index is 12.6. The van der Waals surface area contributed by atoms with E-state index in [1.807, 2.05) is 54.6 Å². The second-order valence-corrected chi connectivity index (χ2v) is 7.31. The molecular formula is C22H25N3O4. The summed E-state index contributed by atoms with van der Waals surface area (Å²) in [6.45, 7) is 1.45. The van der Waals surface area contributed by atoms with Crippen LogP contribution in [0.3, 0.4) is 0 Å². The van der Waals surface area contributed by atoms with E-state index < -0.39 is 30.0 Å². The molecule has 152 valence electrons. The first-order valence-electron chi connectivity index (χ1n) is 9.54. The van der Waals surface area contributed by atoms with Crippen molar-refractivity contribution in [1.82, 2.24) is 10.2 Å². The lowest BCUT2D eigenvalue weighted by molar-refractivity contribution is -0.138. The number of likely N-dealkylation sites (tertiary alicyclic amines) is 1. The Kier molecular flexibility index (Phi) is 6.29. The van der Waals surface area contributed by atoms with Crippen molar-refractivity contribution in [2.45, 2.75) is 38.0 Å². The summed E-state index contributed by atoms with van der Waals surface area (Å²) in [5.74, 6) is -1.44.